The fourth-order valence-corrected chi connectivity index (χ4v) is 1.80. The Labute approximate surface area is 125 Å². The molecule has 10 heteroatoms. The highest BCUT2D eigenvalue weighted by Gasteiger charge is 2.39. The van der Waals surface area contributed by atoms with Crippen molar-refractivity contribution in [3.05, 3.63) is 47.3 Å². The Morgan fingerprint density at radius 2 is 1.61 bits per heavy atom. The third-order valence-electron chi connectivity index (χ3n) is 2.81. The Kier molecular flexibility index (Phi) is 4.10. The summed E-state index contributed by atoms with van der Waals surface area (Å²) in [5.41, 5.74) is -3.10. The van der Waals surface area contributed by atoms with E-state index in [9.17, 15) is 31.1 Å². The highest BCUT2D eigenvalue weighted by atomic mass is 19.4. The summed E-state index contributed by atoms with van der Waals surface area (Å²) < 4.78 is 76.3. The summed E-state index contributed by atoms with van der Waals surface area (Å²) >= 11 is 0. The molecule has 1 N–H and O–H groups in total. The molecule has 1 amide bonds. The topological polar surface area (TPSA) is 46.9 Å². The van der Waals surface area contributed by atoms with Crippen LogP contribution in [0.4, 0.5) is 32.0 Å². The normalized spacial score (nSPS) is 12.3. The second kappa shape index (κ2) is 5.60. The van der Waals surface area contributed by atoms with E-state index in [0.717, 1.165) is 23.0 Å². The van der Waals surface area contributed by atoms with Gasteiger partial charge in [0.25, 0.3) is 5.91 Å². The van der Waals surface area contributed by atoms with Gasteiger partial charge in [0.15, 0.2) is 5.69 Å². The van der Waals surface area contributed by atoms with Gasteiger partial charge >= 0.3 is 12.4 Å². The monoisotopic (exact) mass is 337 g/mol. The largest absolute Gasteiger partial charge is 0.435 e. The van der Waals surface area contributed by atoms with Crippen LogP contribution in [-0.4, -0.2) is 15.7 Å². The molecule has 2 rings (SSSR count). The third-order valence-corrected chi connectivity index (χ3v) is 2.81. The van der Waals surface area contributed by atoms with Crippen molar-refractivity contribution in [1.82, 2.24) is 9.78 Å². The third kappa shape index (κ3) is 3.82. The van der Waals surface area contributed by atoms with Crippen LogP contribution in [0.2, 0.25) is 0 Å². The van der Waals surface area contributed by atoms with E-state index in [1.165, 1.54) is 7.05 Å². The summed E-state index contributed by atoms with van der Waals surface area (Å²) in [6, 6.07) is 3.32. The van der Waals surface area contributed by atoms with Gasteiger partial charge in [-0.2, -0.15) is 31.4 Å². The zero-order valence-corrected chi connectivity index (χ0v) is 11.5. The molecule has 4 nitrogen and oxygen atoms in total. The van der Waals surface area contributed by atoms with Crippen LogP contribution >= 0.6 is 0 Å². The van der Waals surface area contributed by atoms with Crippen LogP contribution in [0.1, 0.15) is 21.6 Å². The smallest absolute Gasteiger partial charge is 0.322 e. The van der Waals surface area contributed by atoms with Crippen molar-refractivity contribution in [2.45, 2.75) is 12.4 Å². The van der Waals surface area contributed by atoms with E-state index in [0.29, 0.717) is 12.1 Å². The molecule has 0 spiro atoms. The maximum Gasteiger partial charge on any atom is 0.435 e. The summed E-state index contributed by atoms with van der Waals surface area (Å²) in [7, 11) is 1.21. The molecule has 0 unspecified atom stereocenters. The number of benzene rings is 1. The minimum absolute atomic E-state index is 0.0695. The van der Waals surface area contributed by atoms with Crippen molar-refractivity contribution in [2.75, 3.05) is 5.32 Å². The zero-order chi connectivity index (χ0) is 17.4. The van der Waals surface area contributed by atoms with E-state index in [1.807, 2.05) is 0 Å². The summed E-state index contributed by atoms with van der Waals surface area (Å²) in [4.78, 5) is 11.9. The Hall–Kier alpha value is -2.52. The molecule has 0 bridgehead atoms. The predicted octanol–water partition coefficient (Wildman–Crippen LogP) is 3.71. The van der Waals surface area contributed by atoms with E-state index in [-0.39, 0.29) is 5.69 Å². The molecular formula is C13H9F6N3O. The van der Waals surface area contributed by atoms with Crippen molar-refractivity contribution in [3.63, 3.8) is 0 Å². The average Bonchev–Trinajstić information content (AvgIpc) is 2.80. The van der Waals surface area contributed by atoms with Crippen molar-refractivity contribution in [3.8, 4) is 0 Å². The van der Waals surface area contributed by atoms with Gasteiger partial charge in [0.05, 0.1) is 11.1 Å². The molecule has 0 saturated heterocycles. The summed E-state index contributed by atoms with van der Waals surface area (Å²) in [6.07, 6.45) is -8.49. The molecule has 0 aliphatic carbocycles. The fraction of sp³-hybridized carbons (Fsp3) is 0.231. The molecule has 0 fully saturated rings. The Bertz CT molecular complexity index is 715. The van der Waals surface area contributed by atoms with Gasteiger partial charge in [0, 0.05) is 18.9 Å². The minimum atomic E-state index is -4.83. The first-order valence-electron chi connectivity index (χ1n) is 6.08. The van der Waals surface area contributed by atoms with E-state index < -0.39 is 35.1 Å². The van der Waals surface area contributed by atoms with Crippen molar-refractivity contribution in [1.29, 1.82) is 0 Å². The SMILES string of the molecule is Cn1cc(C(=O)Nc2ccc(C(F)(F)F)cc2)c(C(F)(F)F)n1. The standard InChI is InChI=1S/C13H9F6N3O/c1-22-6-9(10(21-22)13(17,18)19)11(23)20-8-4-2-7(3-5-8)12(14,15)16/h2-6H,1H3,(H,20,23). The van der Waals surface area contributed by atoms with Crippen LogP contribution in [0.3, 0.4) is 0 Å². The van der Waals surface area contributed by atoms with Crippen LogP contribution < -0.4 is 5.32 Å². The van der Waals surface area contributed by atoms with Gasteiger partial charge in [0.2, 0.25) is 0 Å². The summed E-state index contributed by atoms with van der Waals surface area (Å²) in [6.45, 7) is 0. The van der Waals surface area contributed by atoms with Gasteiger partial charge in [-0.3, -0.25) is 9.48 Å². The van der Waals surface area contributed by atoms with E-state index in [1.54, 1.807) is 0 Å². The molecule has 0 atom stereocenters. The number of anilines is 1. The molecular weight excluding hydrogens is 328 g/mol. The highest BCUT2D eigenvalue weighted by molar-refractivity contribution is 6.05. The first-order valence-corrected chi connectivity index (χ1v) is 6.08. The van der Waals surface area contributed by atoms with E-state index in [2.05, 4.69) is 10.4 Å². The number of alkyl halides is 6. The van der Waals surface area contributed by atoms with Crippen molar-refractivity contribution >= 4 is 11.6 Å². The molecule has 0 saturated carbocycles. The number of aryl methyl sites for hydroxylation is 1. The lowest BCUT2D eigenvalue weighted by Gasteiger charge is -2.09. The Morgan fingerprint density at radius 3 is 2.09 bits per heavy atom. The predicted molar refractivity (Wildman–Crippen MR) is 67.6 cm³/mol. The lowest BCUT2D eigenvalue weighted by molar-refractivity contribution is -0.141. The molecule has 124 valence electrons. The lowest BCUT2D eigenvalue weighted by atomic mass is 10.2. The van der Waals surface area contributed by atoms with Gasteiger partial charge < -0.3 is 5.32 Å². The number of hydrogen-bond acceptors (Lipinski definition) is 2. The zero-order valence-electron chi connectivity index (χ0n) is 11.5. The Morgan fingerprint density at radius 1 is 1.04 bits per heavy atom. The first-order chi connectivity index (χ1) is 10.5. The molecule has 0 radical (unpaired) electrons. The number of carbonyl (C=O) groups is 1. The van der Waals surface area contributed by atoms with Gasteiger partial charge in [-0.15, -0.1) is 0 Å². The van der Waals surface area contributed by atoms with Crippen molar-refractivity contribution in [2.24, 2.45) is 7.05 Å². The molecule has 1 aromatic carbocycles. The van der Waals surface area contributed by atoms with Crippen LogP contribution in [0.25, 0.3) is 0 Å². The number of carbonyl (C=O) groups excluding carboxylic acids is 1. The number of hydrogen-bond donors (Lipinski definition) is 1. The van der Waals surface area contributed by atoms with Crippen LogP contribution in [0, 0.1) is 0 Å². The maximum absolute atomic E-state index is 12.8. The molecule has 2 aromatic rings. The second-order valence-corrected chi connectivity index (χ2v) is 4.59. The van der Waals surface area contributed by atoms with Gasteiger partial charge in [0.1, 0.15) is 0 Å². The number of rotatable bonds is 2. The highest BCUT2D eigenvalue weighted by Crippen LogP contribution is 2.32. The molecule has 0 aliphatic heterocycles. The number of halogens is 6. The number of aromatic nitrogens is 2. The minimum Gasteiger partial charge on any atom is -0.322 e. The van der Waals surface area contributed by atoms with Crippen LogP contribution in [-0.2, 0) is 19.4 Å². The fourth-order valence-electron chi connectivity index (χ4n) is 1.80. The molecule has 1 heterocycles. The average molecular weight is 337 g/mol. The number of nitrogens with one attached hydrogen (secondary N) is 1. The molecule has 0 aliphatic rings. The second-order valence-electron chi connectivity index (χ2n) is 4.59. The molecule has 1 aromatic heterocycles. The van der Waals surface area contributed by atoms with Crippen molar-refractivity contribution < 1.29 is 31.1 Å². The lowest BCUT2D eigenvalue weighted by Crippen LogP contribution is -2.18. The van der Waals surface area contributed by atoms with Crippen LogP contribution in [0.15, 0.2) is 30.5 Å². The van der Waals surface area contributed by atoms with E-state index >= 15 is 0 Å². The number of amides is 1. The van der Waals surface area contributed by atoms with Crippen LogP contribution in [0.5, 0.6) is 0 Å². The van der Waals surface area contributed by atoms with E-state index in [4.69, 9.17) is 0 Å². The maximum atomic E-state index is 12.8. The first kappa shape index (κ1) is 16.8. The quantitative estimate of drug-likeness (QED) is 0.849. The van der Waals surface area contributed by atoms with Gasteiger partial charge in [-0.25, -0.2) is 0 Å². The van der Waals surface area contributed by atoms with Gasteiger partial charge in [-0.1, -0.05) is 0 Å². The van der Waals surface area contributed by atoms with Gasteiger partial charge in [-0.05, 0) is 24.3 Å². The summed E-state index contributed by atoms with van der Waals surface area (Å²) in [5.74, 6) is -1.12. The number of nitrogens with zero attached hydrogens (tertiary/aromatic N) is 2. The summed E-state index contributed by atoms with van der Waals surface area (Å²) in [5, 5.41) is 5.28. The molecule has 23 heavy (non-hydrogen) atoms. The Balaban J connectivity index is 2.23.